The molecule has 12 nitrogen and oxygen atoms in total. The molecule has 334 valence electrons. The summed E-state index contributed by atoms with van der Waals surface area (Å²) in [7, 11) is 0. The van der Waals surface area contributed by atoms with Crippen LogP contribution in [-0.4, -0.2) is 97.1 Å². The fraction of sp³-hybridized carbons (Fsp3) is 0.321. The van der Waals surface area contributed by atoms with E-state index in [0.29, 0.717) is 50.0 Å². The summed E-state index contributed by atoms with van der Waals surface area (Å²) in [6, 6.07) is 45.7. The van der Waals surface area contributed by atoms with Crippen molar-refractivity contribution in [1.29, 1.82) is 0 Å². The predicted octanol–water partition coefficient (Wildman–Crippen LogP) is 4.81. The van der Waals surface area contributed by atoms with E-state index < -0.39 is 23.7 Å². The smallest absolute Gasteiger partial charge is 0.253 e. The Bertz CT molecular complexity index is 2370. The first-order chi connectivity index (χ1) is 31.7. The van der Waals surface area contributed by atoms with Crippen LogP contribution < -0.4 is 21.3 Å². The van der Waals surface area contributed by atoms with Crippen molar-refractivity contribution in [2.75, 3.05) is 45.8 Å². The Hall–Kier alpha value is -7.08. The Morgan fingerprint density at radius 1 is 0.415 bits per heavy atom. The van der Waals surface area contributed by atoms with Crippen LogP contribution in [0.4, 0.5) is 0 Å². The second-order valence-electron chi connectivity index (χ2n) is 17.4. The zero-order valence-electron chi connectivity index (χ0n) is 36.4. The van der Waals surface area contributed by atoms with Crippen molar-refractivity contribution in [3.8, 4) is 0 Å². The molecule has 2 heterocycles. The van der Waals surface area contributed by atoms with Crippen molar-refractivity contribution in [2.45, 2.75) is 37.6 Å². The highest BCUT2D eigenvalue weighted by atomic mass is 16.2. The molecule has 5 aromatic carbocycles. The Morgan fingerprint density at radius 2 is 0.738 bits per heavy atom. The number of nitrogens with one attached hydrogen (secondary N) is 4. The number of hydrogen-bond acceptors (Lipinski definition) is 6. The zero-order valence-corrected chi connectivity index (χ0v) is 36.4. The molecule has 0 aromatic heterocycles. The third-order valence-corrected chi connectivity index (χ3v) is 13.0. The lowest BCUT2D eigenvalue weighted by Crippen LogP contribution is -2.42. The molecule has 65 heavy (non-hydrogen) atoms. The maximum absolute atomic E-state index is 14.1. The normalized spacial score (nSPS) is 21.0. The van der Waals surface area contributed by atoms with Gasteiger partial charge in [-0.25, -0.2) is 0 Å². The third kappa shape index (κ3) is 11.4. The molecular formula is C53H56N6O6. The number of rotatable bonds is 17. The Labute approximate surface area is 380 Å². The van der Waals surface area contributed by atoms with E-state index in [0.717, 1.165) is 28.7 Å². The highest BCUT2D eigenvalue weighted by Gasteiger charge is 2.47. The quantitative estimate of drug-likeness (QED) is 0.105. The van der Waals surface area contributed by atoms with Crippen LogP contribution in [0.3, 0.4) is 0 Å². The maximum Gasteiger partial charge on any atom is 0.253 e. The van der Waals surface area contributed by atoms with Crippen LogP contribution in [0.25, 0.3) is 0 Å². The Balaban J connectivity index is 0.911. The van der Waals surface area contributed by atoms with Crippen molar-refractivity contribution in [3.05, 3.63) is 179 Å². The van der Waals surface area contributed by atoms with Crippen LogP contribution in [-0.2, 0) is 38.4 Å². The molecule has 1 saturated carbocycles. The van der Waals surface area contributed by atoms with E-state index in [4.69, 9.17) is 0 Å². The molecule has 1 aliphatic carbocycles. The average Bonchev–Trinajstić information content (AvgIpc) is 3.72. The summed E-state index contributed by atoms with van der Waals surface area (Å²) in [4.78, 5) is 86.0. The van der Waals surface area contributed by atoms with Gasteiger partial charge in [0.15, 0.2) is 0 Å². The summed E-state index contributed by atoms with van der Waals surface area (Å²) in [6.45, 7) is 1.44. The zero-order chi connectivity index (χ0) is 45.1. The number of amides is 6. The molecule has 0 bridgehead atoms. The molecule has 2 aliphatic heterocycles. The maximum atomic E-state index is 14.1. The van der Waals surface area contributed by atoms with Crippen LogP contribution >= 0.6 is 0 Å². The largest absolute Gasteiger partial charge is 0.355 e. The standard InChI is InChI=1S/C53H56N6O6/c60-48(54-28-25-36-13-5-1-6-14-36)43-32-58(33-44(43)49(61)55-29-26-37-15-7-2-8-16-37)52(64)40-21-23-41(24-22-40)53(65)59-34-45(50(62)56-30-27-38-17-9-3-10-18-38)46(35-59)51(63)57-47-31-42(47)39-19-11-4-12-20-39/h1-24,42-47H,25-35H2,(H,54,60)(H,55,61)(H,56,62)(H,57,63)/t42-,43-,44-,45-,46-,47+/m1/s1. The lowest BCUT2D eigenvalue weighted by Gasteiger charge is -2.18. The van der Waals surface area contributed by atoms with Crippen molar-refractivity contribution in [3.63, 3.8) is 0 Å². The second-order valence-corrected chi connectivity index (χ2v) is 17.4. The van der Waals surface area contributed by atoms with Gasteiger partial charge in [-0.2, -0.15) is 0 Å². The van der Waals surface area contributed by atoms with Gasteiger partial charge in [0.05, 0.1) is 23.7 Å². The van der Waals surface area contributed by atoms with Gasteiger partial charge in [0.2, 0.25) is 23.6 Å². The van der Waals surface area contributed by atoms with Gasteiger partial charge in [0, 0.05) is 68.9 Å². The van der Waals surface area contributed by atoms with E-state index in [1.54, 1.807) is 29.2 Å². The van der Waals surface area contributed by atoms with Crippen LogP contribution in [0.2, 0.25) is 0 Å². The highest BCUT2D eigenvalue weighted by molar-refractivity contribution is 6.00. The van der Waals surface area contributed by atoms with Gasteiger partial charge < -0.3 is 31.1 Å². The van der Waals surface area contributed by atoms with Gasteiger partial charge in [0.25, 0.3) is 11.8 Å². The van der Waals surface area contributed by atoms with E-state index >= 15 is 0 Å². The molecule has 12 heteroatoms. The molecule has 4 N–H and O–H groups in total. The van der Waals surface area contributed by atoms with Crippen molar-refractivity contribution in [1.82, 2.24) is 31.1 Å². The van der Waals surface area contributed by atoms with E-state index in [1.807, 2.05) is 109 Å². The van der Waals surface area contributed by atoms with E-state index in [9.17, 15) is 28.8 Å². The molecule has 0 spiro atoms. The summed E-state index contributed by atoms with van der Waals surface area (Å²) in [6.07, 6.45) is 2.70. The minimum Gasteiger partial charge on any atom is -0.355 e. The van der Waals surface area contributed by atoms with Crippen LogP contribution in [0.1, 0.15) is 55.3 Å². The molecule has 3 aliphatic rings. The lowest BCUT2D eigenvalue weighted by molar-refractivity contribution is -0.133. The summed E-state index contributed by atoms with van der Waals surface area (Å²) in [5.74, 6) is -4.57. The second kappa shape index (κ2) is 21.1. The monoisotopic (exact) mass is 872 g/mol. The van der Waals surface area contributed by atoms with Crippen molar-refractivity contribution >= 4 is 35.4 Å². The van der Waals surface area contributed by atoms with E-state index in [1.165, 1.54) is 4.90 Å². The van der Waals surface area contributed by atoms with Gasteiger partial charge in [-0.05, 0) is 72.2 Å². The Morgan fingerprint density at radius 3 is 1.09 bits per heavy atom. The molecular weight excluding hydrogens is 817 g/mol. The molecule has 0 unspecified atom stereocenters. The molecule has 3 fully saturated rings. The van der Waals surface area contributed by atoms with E-state index in [2.05, 4.69) is 33.4 Å². The van der Waals surface area contributed by atoms with E-state index in [-0.39, 0.29) is 73.6 Å². The summed E-state index contributed by atoms with van der Waals surface area (Å²) < 4.78 is 0. The average molecular weight is 873 g/mol. The summed E-state index contributed by atoms with van der Waals surface area (Å²) in [5.41, 5.74) is 5.01. The first-order valence-corrected chi connectivity index (χ1v) is 22.7. The van der Waals surface area contributed by atoms with Crippen LogP contribution in [0, 0.1) is 23.7 Å². The minimum absolute atomic E-state index is 0.0364. The van der Waals surface area contributed by atoms with Gasteiger partial charge in [-0.3, -0.25) is 28.8 Å². The molecule has 8 rings (SSSR count). The SMILES string of the molecule is O=C(NCCc1ccccc1)[C@@H]1CN(C(=O)c2ccc(C(=O)N3C[C@@H](C(=O)NCCc4ccccc4)[C@H](C(=O)N[C@H]4C[C@@H]4c4ccccc4)C3)cc2)C[C@H]1C(=O)NCCc1ccccc1. The van der Waals surface area contributed by atoms with Crippen molar-refractivity contribution in [2.24, 2.45) is 23.7 Å². The van der Waals surface area contributed by atoms with Gasteiger partial charge in [-0.15, -0.1) is 0 Å². The fourth-order valence-corrected chi connectivity index (χ4v) is 9.15. The van der Waals surface area contributed by atoms with Gasteiger partial charge in [0.1, 0.15) is 0 Å². The first-order valence-electron chi connectivity index (χ1n) is 22.7. The summed E-state index contributed by atoms with van der Waals surface area (Å²) >= 11 is 0. The Kier molecular flexibility index (Phi) is 14.4. The molecule has 2 saturated heterocycles. The number of hydrogen-bond donors (Lipinski definition) is 4. The van der Waals surface area contributed by atoms with Gasteiger partial charge >= 0.3 is 0 Å². The molecule has 6 amide bonds. The minimum atomic E-state index is -0.750. The summed E-state index contributed by atoms with van der Waals surface area (Å²) in [5, 5.41) is 12.2. The molecule has 6 atom stereocenters. The highest BCUT2D eigenvalue weighted by Crippen LogP contribution is 2.41. The van der Waals surface area contributed by atoms with Crippen LogP contribution in [0.5, 0.6) is 0 Å². The van der Waals surface area contributed by atoms with Crippen molar-refractivity contribution < 1.29 is 28.8 Å². The van der Waals surface area contributed by atoms with Gasteiger partial charge in [-0.1, -0.05) is 121 Å². The number of likely N-dealkylation sites (tertiary alicyclic amines) is 2. The van der Waals surface area contributed by atoms with Crippen LogP contribution in [0.15, 0.2) is 146 Å². The number of benzene rings is 5. The number of carbonyl (C=O) groups excluding carboxylic acids is 6. The lowest BCUT2D eigenvalue weighted by atomic mass is 9.94. The predicted molar refractivity (Wildman–Crippen MR) is 247 cm³/mol. The third-order valence-electron chi connectivity index (χ3n) is 13.0. The molecule has 0 radical (unpaired) electrons. The topological polar surface area (TPSA) is 157 Å². The number of carbonyl (C=O) groups is 6. The first kappa shape index (κ1) is 44.5. The fourth-order valence-electron chi connectivity index (χ4n) is 9.15. The molecule has 5 aromatic rings. The number of nitrogens with zero attached hydrogens (tertiary/aromatic N) is 2.